The van der Waals surface area contributed by atoms with Gasteiger partial charge in [0.15, 0.2) is 6.10 Å². The molecule has 1 amide bonds. The number of rotatable bonds is 4. The number of benzene rings is 2. The van der Waals surface area contributed by atoms with E-state index in [1.54, 1.807) is 19.0 Å². The summed E-state index contributed by atoms with van der Waals surface area (Å²) in [6.45, 7) is 1.96. The number of hydrogen-bond acceptors (Lipinski definition) is 2. The Morgan fingerprint density at radius 3 is 2.53 bits per heavy atom. The lowest BCUT2D eigenvalue weighted by Crippen LogP contribution is -2.37. The Labute approximate surface area is 113 Å². The van der Waals surface area contributed by atoms with E-state index in [1.807, 2.05) is 49.4 Å². The van der Waals surface area contributed by atoms with Crippen LogP contribution in [0.15, 0.2) is 42.5 Å². The van der Waals surface area contributed by atoms with Gasteiger partial charge in [-0.05, 0) is 17.9 Å². The number of likely N-dealkylation sites (N-methyl/N-ethyl adjacent to an activating group) is 1. The van der Waals surface area contributed by atoms with E-state index in [4.69, 9.17) is 4.74 Å². The van der Waals surface area contributed by atoms with Gasteiger partial charge in [-0.2, -0.15) is 0 Å². The summed E-state index contributed by atoms with van der Waals surface area (Å²) in [5.41, 5.74) is 0. The Bertz CT molecular complexity index is 572. The highest BCUT2D eigenvalue weighted by molar-refractivity contribution is 5.89. The topological polar surface area (TPSA) is 29.5 Å². The molecular formula is C16H19NO2. The molecule has 2 rings (SSSR count). The number of amides is 1. The molecule has 0 saturated carbocycles. The third kappa shape index (κ3) is 2.87. The molecule has 0 aliphatic carbocycles. The molecule has 3 heteroatoms. The van der Waals surface area contributed by atoms with Crippen LogP contribution >= 0.6 is 0 Å². The summed E-state index contributed by atoms with van der Waals surface area (Å²) in [7, 11) is 3.49. The van der Waals surface area contributed by atoms with Gasteiger partial charge in [-0.3, -0.25) is 4.79 Å². The van der Waals surface area contributed by atoms with E-state index in [0.717, 1.165) is 16.5 Å². The molecule has 0 aliphatic rings. The van der Waals surface area contributed by atoms with E-state index in [9.17, 15) is 4.79 Å². The van der Waals surface area contributed by atoms with Gasteiger partial charge < -0.3 is 9.64 Å². The van der Waals surface area contributed by atoms with Crippen LogP contribution in [0.2, 0.25) is 0 Å². The summed E-state index contributed by atoms with van der Waals surface area (Å²) in [6.07, 6.45) is 0.223. The second-order valence-corrected chi connectivity index (χ2v) is 4.72. The second-order valence-electron chi connectivity index (χ2n) is 4.72. The molecule has 2 aromatic carbocycles. The van der Waals surface area contributed by atoms with Crippen LogP contribution in [-0.2, 0) is 4.79 Å². The van der Waals surface area contributed by atoms with Crippen molar-refractivity contribution in [2.75, 3.05) is 14.1 Å². The quantitative estimate of drug-likeness (QED) is 0.842. The molecule has 0 aromatic heterocycles. The Morgan fingerprint density at radius 2 is 1.84 bits per heavy atom. The molecule has 3 nitrogen and oxygen atoms in total. The van der Waals surface area contributed by atoms with Crippen molar-refractivity contribution >= 4 is 16.7 Å². The Kier molecular flexibility index (Phi) is 4.05. The van der Waals surface area contributed by atoms with Crippen LogP contribution in [0.4, 0.5) is 0 Å². The van der Waals surface area contributed by atoms with E-state index in [2.05, 4.69) is 0 Å². The highest BCUT2D eigenvalue weighted by Crippen LogP contribution is 2.26. The molecule has 1 atom stereocenters. The van der Waals surface area contributed by atoms with Crippen molar-refractivity contribution in [3.8, 4) is 5.75 Å². The summed E-state index contributed by atoms with van der Waals surface area (Å²) in [6, 6.07) is 13.9. The van der Waals surface area contributed by atoms with Crippen LogP contribution in [0.25, 0.3) is 10.8 Å². The maximum atomic E-state index is 12.0. The molecule has 0 N–H and O–H groups in total. The van der Waals surface area contributed by atoms with Crippen molar-refractivity contribution in [3.63, 3.8) is 0 Å². The normalized spacial score (nSPS) is 12.2. The standard InChI is InChI=1S/C16H19NO2/c1-4-14(16(18)17(2)3)19-15-11-7-9-12-8-5-6-10-13(12)15/h5-11,14H,4H2,1-3H3/t14-/m0/s1. The van der Waals surface area contributed by atoms with Gasteiger partial charge in [0.05, 0.1) is 0 Å². The first-order valence-electron chi connectivity index (χ1n) is 6.49. The summed E-state index contributed by atoms with van der Waals surface area (Å²) in [5, 5.41) is 2.15. The predicted octanol–water partition coefficient (Wildman–Crippen LogP) is 3.09. The number of carbonyl (C=O) groups is 1. The molecule has 0 aliphatic heterocycles. The predicted molar refractivity (Wildman–Crippen MR) is 77.3 cm³/mol. The van der Waals surface area contributed by atoms with Crippen molar-refractivity contribution in [2.24, 2.45) is 0 Å². The fourth-order valence-corrected chi connectivity index (χ4v) is 2.05. The number of carbonyl (C=O) groups excluding carboxylic acids is 1. The lowest BCUT2D eigenvalue weighted by molar-refractivity contribution is -0.136. The molecule has 0 bridgehead atoms. The number of ether oxygens (including phenoxy) is 1. The summed E-state index contributed by atoms with van der Waals surface area (Å²) in [5.74, 6) is 0.760. The highest BCUT2D eigenvalue weighted by atomic mass is 16.5. The van der Waals surface area contributed by atoms with Crippen molar-refractivity contribution in [1.82, 2.24) is 4.90 Å². The minimum atomic E-state index is -0.430. The summed E-state index contributed by atoms with van der Waals surface area (Å²) >= 11 is 0. The maximum absolute atomic E-state index is 12.0. The monoisotopic (exact) mass is 257 g/mol. The van der Waals surface area contributed by atoms with Crippen molar-refractivity contribution in [1.29, 1.82) is 0 Å². The smallest absolute Gasteiger partial charge is 0.263 e. The first-order valence-corrected chi connectivity index (χ1v) is 6.49. The zero-order chi connectivity index (χ0) is 13.8. The van der Waals surface area contributed by atoms with Crippen LogP contribution in [0.5, 0.6) is 5.75 Å². The van der Waals surface area contributed by atoms with Crippen LogP contribution in [-0.4, -0.2) is 31.0 Å². The van der Waals surface area contributed by atoms with Gasteiger partial charge in [-0.25, -0.2) is 0 Å². The van der Waals surface area contributed by atoms with Crippen LogP contribution < -0.4 is 4.74 Å². The van der Waals surface area contributed by atoms with E-state index >= 15 is 0 Å². The molecule has 0 unspecified atom stereocenters. The third-order valence-electron chi connectivity index (χ3n) is 3.11. The minimum absolute atomic E-state index is 0.00423. The van der Waals surface area contributed by atoms with Gasteiger partial charge in [0.25, 0.3) is 5.91 Å². The fraction of sp³-hybridized carbons (Fsp3) is 0.312. The second kappa shape index (κ2) is 5.74. The first-order chi connectivity index (χ1) is 9.13. The number of fused-ring (bicyclic) bond motifs is 1. The largest absolute Gasteiger partial charge is 0.480 e. The lowest BCUT2D eigenvalue weighted by Gasteiger charge is -2.21. The minimum Gasteiger partial charge on any atom is -0.480 e. The average Bonchev–Trinajstić information content (AvgIpc) is 2.44. The number of nitrogens with zero attached hydrogens (tertiary/aromatic N) is 1. The van der Waals surface area contributed by atoms with Gasteiger partial charge in [-0.15, -0.1) is 0 Å². The summed E-state index contributed by atoms with van der Waals surface area (Å²) in [4.78, 5) is 13.6. The zero-order valence-corrected chi connectivity index (χ0v) is 11.6. The van der Waals surface area contributed by atoms with Crippen LogP contribution in [0.3, 0.4) is 0 Å². The van der Waals surface area contributed by atoms with Crippen LogP contribution in [0.1, 0.15) is 13.3 Å². The van der Waals surface area contributed by atoms with E-state index in [0.29, 0.717) is 6.42 Å². The molecule has 0 heterocycles. The molecule has 2 aromatic rings. The molecule has 0 saturated heterocycles. The molecule has 19 heavy (non-hydrogen) atoms. The Balaban J connectivity index is 2.32. The van der Waals surface area contributed by atoms with Crippen molar-refractivity contribution in [3.05, 3.63) is 42.5 Å². The first kappa shape index (κ1) is 13.4. The molecular weight excluding hydrogens is 238 g/mol. The SMILES string of the molecule is CC[C@H](Oc1cccc2ccccc12)C(=O)N(C)C. The van der Waals surface area contributed by atoms with Crippen molar-refractivity contribution < 1.29 is 9.53 Å². The molecule has 0 spiro atoms. The Morgan fingerprint density at radius 1 is 1.16 bits per heavy atom. The van der Waals surface area contributed by atoms with Gasteiger partial charge >= 0.3 is 0 Å². The maximum Gasteiger partial charge on any atom is 0.263 e. The van der Waals surface area contributed by atoms with Crippen LogP contribution in [0, 0.1) is 0 Å². The third-order valence-corrected chi connectivity index (χ3v) is 3.11. The average molecular weight is 257 g/mol. The van der Waals surface area contributed by atoms with Gasteiger partial charge in [0.1, 0.15) is 5.75 Å². The molecule has 100 valence electrons. The van der Waals surface area contributed by atoms with E-state index in [-0.39, 0.29) is 5.91 Å². The Hall–Kier alpha value is -2.03. The fourth-order valence-electron chi connectivity index (χ4n) is 2.05. The van der Waals surface area contributed by atoms with E-state index < -0.39 is 6.10 Å². The summed E-state index contributed by atoms with van der Waals surface area (Å²) < 4.78 is 5.91. The lowest BCUT2D eigenvalue weighted by atomic mass is 10.1. The molecule has 0 radical (unpaired) electrons. The van der Waals surface area contributed by atoms with Gasteiger partial charge in [0, 0.05) is 19.5 Å². The van der Waals surface area contributed by atoms with Crippen molar-refractivity contribution in [2.45, 2.75) is 19.4 Å². The van der Waals surface area contributed by atoms with E-state index in [1.165, 1.54) is 0 Å². The number of hydrogen-bond donors (Lipinski definition) is 0. The van der Waals surface area contributed by atoms with Gasteiger partial charge in [0.2, 0.25) is 0 Å². The highest BCUT2D eigenvalue weighted by Gasteiger charge is 2.20. The zero-order valence-electron chi connectivity index (χ0n) is 11.6. The van der Waals surface area contributed by atoms with Gasteiger partial charge in [-0.1, -0.05) is 43.3 Å². The molecule has 0 fully saturated rings.